The van der Waals surface area contributed by atoms with E-state index in [2.05, 4.69) is 0 Å². The minimum absolute atomic E-state index is 0.0423. The zero-order valence-corrected chi connectivity index (χ0v) is 9.91. The molecule has 1 aromatic rings. The second-order valence-corrected chi connectivity index (χ2v) is 4.38. The van der Waals surface area contributed by atoms with Crippen LogP contribution in [0.15, 0.2) is 24.3 Å². The fourth-order valence-corrected chi connectivity index (χ4v) is 2.02. The first kappa shape index (κ1) is 13.1. The van der Waals surface area contributed by atoms with E-state index < -0.39 is 5.60 Å². The Morgan fingerprint density at radius 2 is 2.19 bits per heavy atom. The SMILES string of the molecule is CCCC(CN)C(C)(O)c1cccc(F)c1. The monoisotopic (exact) mass is 225 g/mol. The van der Waals surface area contributed by atoms with Gasteiger partial charge in [0, 0.05) is 5.92 Å². The van der Waals surface area contributed by atoms with Gasteiger partial charge < -0.3 is 10.8 Å². The molecule has 0 radical (unpaired) electrons. The summed E-state index contributed by atoms with van der Waals surface area (Å²) in [4.78, 5) is 0. The van der Waals surface area contributed by atoms with E-state index in [0.29, 0.717) is 12.1 Å². The van der Waals surface area contributed by atoms with Gasteiger partial charge in [0.25, 0.3) is 0 Å². The zero-order valence-electron chi connectivity index (χ0n) is 9.91. The van der Waals surface area contributed by atoms with Crippen molar-refractivity contribution in [1.82, 2.24) is 0 Å². The van der Waals surface area contributed by atoms with Crippen LogP contribution in [-0.2, 0) is 5.60 Å². The number of aliphatic hydroxyl groups is 1. The second-order valence-electron chi connectivity index (χ2n) is 4.38. The van der Waals surface area contributed by atoms with Crippen molar-refractivity contribution in [2.75, 3.05) is 6.54 Å². The Bertz CT molecular complexity index is 338. The van der Waals surface area contributed by atoms with Crippen molar-refractivity contribution in [3.63, 3.8) is 0 Å². The quantitative estimate of drug-likeness (QED) is 0.808. The van der Waals surface area contributed by atoms with Crippen LogP contribution in [0.25, 0.3) is 0 Å². The zero-order chi connectivity index (χ0) is 12.2. The third kappa shape index (κ3) is 2.80. The summed E-state index contributed by atoms with van der Waals surface area (Å²) >= 11 is 0. The fourth-order valence-electron chi connectivity index (χ4n) is 2.02. The molecule has 0 bridgehead atoms. The van der Waals surface area contributed by atoms with Gasteiger partial charge in [-0.05, 0) is 37.6 Å². The molecule has 1 rings (SSSR count). The maximum atomic E-state index is 13.1. The molecule has 0 spiro atoms. The summed E-state index contributed by atoms with van der Waals surface area (Å²) in [7, 11) is 0. The predicted molar refractivity (Wildman–Crippen MR) is 63.4 cm³/mol. The normalized spacial score (nSPS) is 16.8. The third-order valence-corrected chi connectivity index (χ3v) is 3.13. The highest BCUT2D eigenvalue weighted by Crippen LogP contribution is 2.31. The van der Waals surface area contributed by atoms with Crippen molar-refractivity contribution in [3.8, 4) is 0 Å². The first-order chi connectivity index (χ1) is 7.52. The average Bonchev–Trinajstić information content (AvgIpc) is 2.25. The van der Waals surface area contributed by atoms with E-state index in [1.807, 2.05) is 6.92 Å². The van der Waals surface area contributed by atoms with Gasteiger partial charge in [-0.1, -0.05) is 25.5 Å². The minimum Gasteiger partial charge on any atom is -0.385 e. The highest BCUT2D eigenvalue weighted by Gasteiger charge is 2.32. The summed E-state index contributed by atoms with van der Waals surface area (Å²) < 4.78 is 13.1. The lowest BCUT2D eigenvalue weighted by atomic mass is 9.80. The highest BCUT2D eigenvalue weighted by atomic mass is 19.1. The predicted octanol–water partition coefficient (Wildman–Crippen LogP) is 2.41. The number of benzene rings is 1. The van der Waals surface area contributed by atoms with E-state index >= 15 is 0 Å². The molecule has 0 amide bonds. The van der Waals surface area contributed by atoms with E-state index in [1.54, 1.807) is 19.1 Å². The minimum atomic E-state index is -1.06. The first-order valence-electron chi connectivity index (χ1n) is 5.70. The van der Waals surface area contributed by atoms with Crippen LogP contribution in [0.1, 0.15) is 32.3 Å². The molecular formula is C13H20FNO. The molecule has 0 aliphatic heterocycles. The number of hydrogen-bond donors (Lipinski definition) is 2. The average molecular weight is 225 g/mol. The maximum Gasteiger partial charge on any atom is 0.123 e. The lowest BCUT2D eigenvalue weighted by Crippen LogP contribution is -2.36. The molecule has 3 N–H and O–H groups in total. The molecule has 0 aliphatic rings. The Morgan fingerprint density at radius 3 is 2.69 bits per heavy atom. The molecule has 2 nitrogen and oxygen atoms in total. The Labute approximate surface area is 96.3 Å². The summed E-state index contributed by atoms with van der Waals surface area (Å²) in [6, 6.07) is 6.09. The van der Waals surface area contributed by atoms with Crippen molar-refractivity contribution in [1.29, 1.82) is 0 Å². The molecule has 16 heavy (non-hydrogen) atoms. The number of rotatable bonds is 5. The van der Waals surface area contributed by atoms with Crippen LogP contribution in [0.5, 0.6) is 0 Å². The van der Waals surface area contributed by atoms with Gasteiger partial charge in [-0.2, -0.15) is 0 Å². The fraction of sp³-hybridized carbons (Fsp3) is 0.538. The van der Waals surface area contributed by atoms with Crippen molar-refractivity contribution in [2.45, 2.75) is 32.3 Å². The molecule has 0 heterocycles. The van der Waals surface area contributed by atoms with Crippen molar-refractivity contribution in [2.24, 2.45) is 11.7 Å². The van der Waals surface area contributed by atoms with Crippen LogP contribution >= 0.6 is 0 Å². The molecule has 3 heteroatoms. The van der Waals surface area contributed by atoms with Crippen LogP contribution in [0.4, 0.5) is 4.39 Å². The second kappa shape index (κ2) is 5.41. The lowest BCUT2D eigenvalue weighted by molar-refractivity contribution is -0.00652. The molecule has 1 aromatic carbocycles. The molecule has 0 aliphatic carbocycles. The number of nitrogens with two attached hydrogens (primary N) is 1. The lowest BCUT2D eigenvalue weighted by Gasteiger charge is -2.32. The Balaban J connectivity index is 2.98. The molecule has 0 fully saturated rings. The summed E-state index contributed by atoms with van der Waals surface area (Å²) in [5.41, 5.74) is 5.20. The summed E-state index contributed by atoms with van der Waals surface area (Å²) in [5.74, 6) is -0.371. The van der Waals surface area contributed by atoms with Crippen molar-refractivity contribution < 1.29 is 9.50 Å². The van der Waals surface area contributed by atoms with Crippen LogP contribution < -0.4 is 5.73 Å². The molecule has 0 saturated carbocycles. The largest absolute Gasteiger partial charge is 0.385 e. The van der Waals surface area contributed by atoms with E-state index in [0.717, 1.165) is 12.8 Å². The van der Waals surface area contributed by atoms with Gasteiger partial charge in [0.1, 0.15) is 5.82 Å². The van der Waals surface area contributed by atoms with Crippen LogP contribution in [0.3, 0.4) is 0 Å². The van der Waals surface area contributed by atoms with E-state index in [9.17, 15) is 9.50 Å². The Kier molecular flexibility index (Phi) is 4.44. The van der Waals surface area contributed by atoms with E-state index in [-0.39, 0.29) is 11.7 Å². The van der Waals surface area contributed by atoms with E-state index in [1.165, 1.54) is 12.1 Å². The van der Waals surface area contributed by atoms with Gasteiger partial charge >= 0.3 is 0 Å². The number of hydrogen-bond acceptors (Lipinski definition) is 2. The molecule has 0 aromatic heterocycles. The van der Waals surface area contributed by atoms with Gasteiger partial charge in [-0.3, -0.25) is 0 Å². The smallest absolute Gasteiger partial charge is 0.123 e. The van der Waals surface area contributed by atoms with Gasteiger partial charge in [-0.25, -0.2) is 4.39 Å². The Morgan fingerprint density at radius 1 is 1.50 bits per heavy atom. The summed E-state index contributed by atoms with van der Waals surface area (Å²) in [5, 5.41) is 10.5. The van der Waals surface area contributed by atoms with Gasteiger partial charge in [0.2, 0.25) is 0 Å². The summed E-state index contributed by atoms with van der Waals surface area (Å²) in [6.07, 6.45) is 1.79. The van der Waals surface area contributed by atoms with Crippen molar-refractivity contribution >= 4 is 0 Å². The molecule has 90 valence electrons. The highest BCUT2D eigenvalue weighted by molar-refractivity contribution is 5.23. The van der Waals surface area contributed by atoms with Crippen molar-refractivity contribution in [3.05, 3.63) is 35.6 Å². The van der Waals surface area contributed by atoms with Crippen LogP contribution in [0.2, 0.25) is 0 Å². The van der Waals surface area contributed by atoms with Crippen LogP contribution in [0, 0.1) is 11.7 Å². The molecular weight excluding hydrogens is 205 g/mol. The third-order valence-electron chi connectivity index (χ3n) is 3.13. The summed E-state index contributed by atoms with van der Waals surface area (Å²) in [6.45, 7) is 4.15. The van der Waals surface area contributed by atoms with E-state index in [4.69, 9.17) is 5.73 Å². The molecule has 2 atom stereocenters. The van der Waals surface area contributed by atoms with Gasteiger partial charge in [0.05, 0.1) is 5.60 Å². The van der Waals surface area contributed by atoms with Crippen LogP contribution in [-0.4, -0.2) is 11.7 Å². The number of halogens is 1. The molecule has 0 saturated heterocycles. The van der Waals surface area contributed by atoms with Gasteiger partial charge in [0.15, 0.2) is 0 Å². The molecule has 2 unspecified atom stereocenters. The standard InChI is InChI=1S/C13H20FNO/c1-3-5-11(9-15)13(2,16)10-6-4-7-12(14)8-10/h4,6-8,11,16H,3,5,9,15H2,1-2H3. The maximum absolute atomic E-state index is 13.1. The van der Waals surface area contributed by atoms with Gasteiger partial charge in [-0.15, -0.1) is 0 Å². The topological polar surface area (TPSA) is 46.2 Å². The first-order valence-corrected chi connectivity index (χ1v) is 5.70. The Hall–Kier alpha value is -0.930.